The number of hydrogen-bond acceptors (Lipinski definition) is 4. The van der Waals surface area contributed by atoms with Gasteiger partial charge < -0.3 is 19.7 Å². The Morgan fingerprint density at radius 2 is 2.14 bits per heavy atom. The van der Waals surface area contributed by atoms with Crippen LogP contribution in [0.5, 0.6) is 11.5 Å². The minimum atomic E-state index is 0.0121. The summed E-state index contributed by atoms with van der Waals surface area (Å²) >= 11 is 0. The van der Waals surface area contributed by atoms with Gasteiger partial charge in [-0.2, -0.15) is 0 Å². The van der Waals surface area contributed by atoms with Gasteiger partial charge in [-0.25, -0.2) is 0 Å². The minimum absolute atomic E-state index is 0.0121. The summed E-state index contributed by atoms with van der Waals surface area (Å²) in [6, 6.07) is 5.60. The molecule has 116 valence electrons. The molecule has 1 fully saturated rings. The quantitative estimate of drug-likeness (QED) is 0.901. The van der Waals surface area contributed by atoms with Crippen molar-refractivity contribution in [3.63, 3.8) is 0 Å². The summed E-state index contributed by atoms with van der Waals surface area (Å²) in [4.78, 5) is 14.3. The third kappa shape index (κ3) is 3.67. The highest BCUT2D eigenvalue weighted by Gasteiger charge is 2.24. The smallest absolute Gasteiger partial charge is 0.254 e. The first-order valence-corrected chi connectivity index (χ1v) is 7.35. The Labute approximate surface area is 126 Å². The maximum Gasteiger partial charge on any atom is 0.254 e. The van der Waals surface area contributed by atoms with Gasteiger partial charge in [0.1, 0.15) is 0 Å². The van der Waals surface area contributed by atoms with E-state index in [0.717, 1.165) is 19.5 Å². The van der Waals surface area contributed by atoms with E-state index in [4.69, 9.17) is 9.47 Å². The molecule has 0 bridgehead atoms. The Bertz CT molecular complexity index is 496. The third-order valence-corrected chi connectivity index (χ3v) is 3.68. The Hall–Kier alpha value is -1.75. The lowest BCUT2D eigenvalue weighted by Crippen LogP contribution is -2.38. The van der Waals surface area contributed by atoms with Crippen LogP contribution in [0.3, 0.4) is 0 Å². The van der Waals surface area contributed by atoms with Crippen LogP contribution in [0.1, 0.15) is 30.6 Å². The second kappa shape index (κ2) is 6.80. The highest BCUT2D eigenvalue weighted by atomic mass is 16.5. The lowest BCUT2D eigenvalue weighted by atomic mass is 10.1. The summed E-state index contributed by atoms with van der Waals surface area (Å²) in [7, 11) is 3.44. The van der Waals surface area contributed by atoms with Crippen molar-refractivity contribution < 1.29 is 14.3 Å². The van der Waals surface area contributed by atoms with Gasteiger partial charge in [-0.1, -0.05) is 0 Å². The van der Waals surface area contributed by atoms with Gasteiger partial charge in [0.05, 0.1) is 13.2 Å². The number of amides is 1. The van der Waals surface area contributed by atoms with Gasteiger partial charge in [0.15, 0.2) is 11.5 Å². The van der Waals surface area contributed by atoms with Gasteiger partial charge >= 0.3 is 0 Å². The van der Waals surface area contributed by atoms with Crippen LogP contribution in [0.4, 0.5) is 0 Å². The van der Waals surface area contributed by atoms with Gasteiger partial charge in [-0.05, 0) is 45.0 Å². The average molecular weight is 292 g/mol. The summed E-state index contributed by atoms with van der Waals surface area (Å²) in [6.07, 6.45) is 1.06. The third-order valence-electron chi connectivity index (χ3n) is 3.68. The van der Waals surface area contributed by atoms with Crippen molar-refractivity contribution >= 4 is 5.91 Å². The van der Waals surface area contributed by atoms with Crippen LogP contribution in [0, 0.1) is 0 Å². The fourth-order valence-electron chi connectivity index (χ4n) is 2.49. The molecular weight excluding hydrogens is 268 g/mol. The van der Waals surface area contributed by atoms with E-state index in [1.807, 2.05) is 20.9 Å². The van der Waals surface area contributed by atoms with Crippen LogP contribution in [0.25, 0.3) is 0 Å². The van der Waals surface area contributed by atoms with Crippen molar-refractivity contribution in [1.82, 2.24) is 10.2 Å². The molecule has 1 saturated heterocycles. The standard InChI is InChI=1S/C16H24N2O3/c1-11(2)21-14-6-5-12(9-15(14)20-4)16(19)18(3)13-7-8-17-10-13/h5-6,9,11,13,17H,7-8,10H2,1-4H3. The molecule has 1 atom stereocenters. The number of hydrogen-bond donors (Lipinski definition) is 1. The fraction of sp³-hybridized carbons (Fsp3) is 0.562. The zero-order chi connectivity index (χ0) is 15.4. The largest absolute Gasteiger partial charge is 0.493 e. The summed E-state index contributed by atoms with van der Waals surface area (Å²) in [5.74, 6) is 1.26. The van der Waals surface area contributed by atoms with Crippen LogP contribution >= 0.6 is 0 Å². The second-order valence-electron chi connectivity index (χ2n) is 5.59. The van der Waals surface area contributed by atoms with E-state index < -0.39 is 0 Å². The van der Waals surface area contributed by atoms with Crippen LogP contribution in [0.2, 0.25) is 0 Å². The number of nitrogens with zero attached hydrogens (tertiary/aromatic N) is 1. The Morgan fingerprint density at radius 3 is 2.71 bits per heavy atom. The van der Waals surface area contributed by atoms with Crippen molar-refractivity contribution in [3.05, 3.63) is 23.8 Å². The van der Waals surface area contributed by atoms with Crippen molar-refractivity contribution in [1.29, 1.82) is 0 Å². The monoisotopic (exact) mass is 292 g/mol. The number of benzene rings is 1. The molecule has 1 amide bonds. The number of methoxy groups -OCH3 is 1. The van der Waals surface area contributed by atoms with E-state index in [2.05, 4.69) is 5.32 Å². The van der Waals surface area contributed by atoms with Gasteiger partial charge in [0, 0.05) is 25.2 Å². The lowest BCUT2D eigenvalue weighted by Gasteiger charge is -2.24. The molecule has 0 aromatic heterocycles. The molecule has 1 aliphatic rings. The molecular formula is C16H24N2O3. The maximum atomic E-state index is 12.5. The molecule has 21 heavy (non-hydrogen) atoms. The minimum Gasteiger partial charge on any atom is -0.493 e. The predicted molar refractivity (Wildman–Crippen MR) is 82.1 cm³/mol. The van der Waals surface area contributed by atoms with Crippen LogP contribution in [-0.4, -0.2) is 50.2 Å². The molecule has 1 aromatic rings. The zero-order valence-electron chi connectivity index (χ0n) is 13.2. The highest BCUT2D eigenvalue weighted by Crippen LogP contribution is 2.29. The van der Waals surface area contributed by atoms with Crippen molar-refractivity contribution in [2.75, 3.05) is 27.2 Å². The molecule has 5 heteroatoms. The number of nitrogens with one attached hydrogen (secondary N) is 1. The number of likely N-dealkylation sites (N-methyl/N-ethyl adjacent to an activating group) is 1. The predicted octanol–water partition coefficient (Wildman–Crippen LogP) is 1.92. The average Bonchev–Trinajstić information content (AvgIpc) is 2.99. The summed E-state index contributed by atoms with van der Waals surface area (Å²) in [5.41, 5.74) is 0.623. The highest BCUT2D eigenvalue weighted by molar-refractivity contribution is 5.95. The molecule has 0 radical (unpaired) electrons. The first-order chi connectivity index (χ1) is 10.0. The molecule has 0 spiro atoms. The number of ether oxygens (including phenoxy) is 2. The fourth-order valence-corrected chi connectivity index (χ4v) is 2.49. The van der Waals surface area contributed by atoms with E-state index in [1.54, 1.807) is 30.2 Å². The van der Waals surface area contributed by atoms with E-state index >= 15 is 0 Å². The molecule has 1 heterocycles. The van der Waals surface area contributed by atoms with Gasteiger partial charge in [-0.3, -0.25) is 4.79 Å². The molecule has 1 N–H and O–H groups in total. The van der Waals surface area contributed by atoms with Gasteiger partial charge in [-0.15, -0.1) is 0 Å². The maximum absolute atomic E-state index is 12.5. The first kappa shape index (κ1) is 15.6. The van der Waals surface area contributed by atoms with Crippen LogP contribution in [0.15, 0.2) is 18.2 Å². The Balaban J connectivity index is 2.17. The van der Waals surface area contributed by atoms with Gasteiger partial charge in [0.2, 0.25) is 0 Å². The number of rotatable bonds is 5. The summed E-state index contributed by atoms with van der Waals surface area (Å²) in [6.45, 7) is 5.74. The molecule has 5 nitrogen and oxygen atoms in total. The van der Waals surface area contributed by atoms with Gasteiger partial charge in [0.25, 0.3) is 5.91 Å². The van der Waals surface area contributed by atoms with E-state index in [-0.39, 0.29) is 18.1 Å². The molecule has 1 unspecified atom stereocenters. The number of carbonyl (C=O) groups is 1. The van der Waals surface area contributed by atoms with Crippen LogP contribution in [-0.2, 0) is 0 Å². The zero-order valence-corrected chi connectivity index (χ0v) is 13.2. The van der Waals surface area contributed by atoms with E-state index in [0.29, 0.717) is 17.1 Å². The molecule has 2 rings (SSSR count). The number of carbonyl (C=O) groups excluding carboxylic acids is 1. The molecule has 0 saturated carbocycles. The van der Waals surface area contributed by atoms with Crippen molar-refractivity contribution in [2.24, 2.45) is 0 Å². The lowest BCUT2D eigenvalue weighted by molar-refractivity contribution is 0.0743. The molecule has 1 aromatic carbocycles. The molecule has 0 aliphatic carbocycles. The molecule has 1 aliphatic heterocycles. The summed E-state index contributed by atoms with van der Waals surface area (Å²) in [5, 5.41) is 3.27. The normalized spacial score (nSPS) is 17.9. The van der Waals surface area contributed by atoms with Crippen molar-refractivity contribution in [3.8, 4) is 11.5 Å². The first-order valence-electron chi connectivity index (χ1n) is 7.35. The SMILES string of the molecule is COc1cc(C(=O)N(C)C2CCNC2)ccc1OC(C)C. The Morgan fingerprint density at radius 1 is 1.38 bits per heavy atom. The van der Waals surface area contributed by atoms with Crippen LogP contribution < -0.4 is 14.8 Å². The topological polar surface area (TPSA) is 50.8 Å². The van der Waals surface area contributed by atoms with E-state index in [9.17, 15) is 4.79 Å². The second-order valence-corrected chi connectivity index (χ2v) is 5.59. The summed E-state index contributed by atoms with van der Waals surface area (Å²) < 4.78 is 11.0. The Kier molecular flexibility index (Phi) is 5.07. The van der Waals surface area contributed by atoms with Crippen molar-refractivity contribution in [2.45, 2.75) is 32.4 Å². The van der Waals surface area contributed by atoms with E-state index in [1.165, 1.54) is 0 Å².